The van der Waals surface area contributed by atoms with Crippen LogP contribution < -0.4 is 0 Å². The van der Waals surface area contributed by atoms with Crippen LogP contribution in [-0.4, -0.2) is 28.8 Å². The Bertz CT molecular complexity index is 1230. The molecule has 6 nitrogen and oxygen atoms in total. The van der Waals surface area contributed by atoms with Crippen molar-refractivity contribution in [1.29, 1.82) is 0 Å². The quantitative estimate of drug-likeness (QED) is 0.435. The summed E-state index contributed by atoms with van der Waals surface area (Å²) in [6.07, 6.45) is 0. The molecule has 0 fully saturated rings. The number of carbonyl (C=O) groups is 2. The Labute approximate surface area is 175 Å². The summed E-state index contributed by atoms with van der Waals surface area (Å²) in [7, 11) is 1.32. The van der Waals surface area contributed by atoms with Gasteiger partial charge in [-0.15, -0.1) is 11.3 Å². The van der Waals surface area contributed by atoms with Gasteiger partial charge in [0.25, 0.3) is 0 Å². The first-order valence-corrected chi connectivity index (χ1v) is 9.87. The van der Waals surface area contributed by atoms with Crippen molar-refractivity contribution in [2.45, 2.75) is 13.5 Å². The number of ether oxygens (including phenoxy) is 2. The number of carbonyl (C=O) groups excluding carboxylic acids is 2. The van der Waals surface area contributed by atoms with Crippen molar-refractivity contribution in [1.82, 2.24) is 9.78 Å². The molecule has 4 aromatic rings. The summed E-state index contributed by atoms with van der Waals surface area (Å²) >= 11 is 1.27. The molecule has 0 atom stereocenters. The van der Waals surface area contributed by atoms with Crippen LogP contribution in [0.3, 0.4) is 0 Å². The molecule has 0 aliphatic carbocycles. The number of esters is 2. The molecular formula is C22H17FN2O4S. The molecule has 0 N–H and O–H groups in total. The van der Waals surface area contributed by atoms with Crippen LogP contribution in [-0.2, 0) is 16.1 Å². The summed E-state index contributed by atoms with van der Waals surface area (Å²) in [6.45, 7) is 1.94. The monoisotopic (exact) mass is 424 g/mol. The fourth-order valence-electron chi connectivity index (χ4n) is 2.98. The van der Waals surface area contributed by atoms with Gasteiger partial charge in [0.2, 0.25) is 0 Å². The van der Waals surface area contributed by atoms with Gasteiger partial charge in [0, 0.05) is 5.39 Å². The standard InChI is InChI=1S/C22H17FN2O4S/c1-13-18-11-19(30-20(18)25(24-13)17-9-7-16(23)8-10-17)22(27)29-12-14-3-5-15(6-4-14)21(26)28-2/h3-11H,12H2,1-2H3. The third-order valence-corrected chi connectivity index (χ3v) is 5.65. The first-order chi connectivity index (χ1) is 14.5. The predicted molar refractivity (Wildman–Crippen MR) is 111 cm³/mol. The summed E-state index contributed by atoms with van der Waals surface area (Å²) in [5, 5.41) is 5.33. The molecule has 0 saturated heterocycles. The second-order valence-corrected chi connectivity index (χ2v) is 7.60. The minimum atomic E-state index is -0.446. The molecule has 4 rings (SSSR count). The third-order valence-electron chi connectivity index (χ3n) is 4.56. The van der Waals surface area contributed by atoms with E-state index < -0.39 is 11.9 Å². The Kier molecular flexibility index (Phi) is 5.33. The van der Waals surface area contributed by atoms with E-state index in [0.717, 1.165) is 21.5 Å². The SMILES string of the molecule is COC(=O)c1ccc(COC(=O)c2cc3c(C)nn(-c4ccc(F)cc4)c3s2)cc1. The highest BCUT2D eigenvalue weighted by molar-refractivity contribution is 7.20. The van der Waals surface area contributed by atoms with Crippen LogP contribution in [0.4, 0.5) is 4.39 Å². The number of methoxy groups -OCH3 is 1. The number of fused-ring (bicyclic) bond motifs is 1. The maximum absolute atomic E-state index is 13.2. The lowest BCUT2D eigenvalue weighted by Crippen LogP contribution is -2.04. The second-order valence-electron chi connectivity index (χ2n) is 6.57. The maximum Gasteiger partial charge on any atom is 0.348 e. The maximum atomic E-state index is 13.2. The van der Waals surface area contributed by atoms with E-state index in [4.69, 9.17) is 4.74 Å². The van der Waals surface area contributed by atoms with Gasteiger partial charge >= 0.3 is 11.9 Å². The Hall–Kier alpha value is -3.52. The lowest BCUT2D eigenvalue weighted by molar-refractivity contribution is 0.0477. The first kappa shape index (κ1) is 19.8. The van der Waals surface area contributed by atoms with Crippen molar-refractivity contribution in [3.05, 3.63) is 82.1 Å². The highest BCUT2D eigenvalue weighted by Crippen LogP contribution is 2.31. The highest BCUT2D eigenvalue weighted by Gasteiger charge is 2.18. The minimum Gasteiger partial charge on any atom is -0.465 e. The van der Waals surface area contributed by atoms with Crippen molar-refractivity contribution in [3.63, 3.8) is 0 Å². The molecule has 30 heavy (non-hydrogen) atoms. The van der Waals surface area contributed by atoms with Crippen LogP contribution in [0.15, 0.2) is 54.6 Å². The fraction of sp³-hybridized carbons (Fsp3) is 0.136. The molecule has 2 aromatic carbocycles. The van der Waals surface area contributed by atoms with Crippen molar-refractivity contribution in [2.75, 3.05) is 7.11 Å². The Morgan fingerprint density at radius 2 is 1.77 bits per heavy atom. The van der Waals surface area contributed by atoms with Crippen molar-refractivity contribution >= 4 is 33.5 Å². The average Bonchev–Trinajstić information content (AvgIpc) is 3.33. The Morgan fingerprint density at radius 1 is 1.07 bits per heavy atom. The molecule has 2 aromatic heterocycles. The van der Waals surface area contributed by atoms with Gasteiger partial charge in [-0.05, 0) is 55.0 Å². The van der Waals surface area contributed by atoms with Crippen LogP contribution in [0.5, 0.6) is 0 Å². The molecule has 0 amide bonds. The summed E-state index contributed by atoms with van der Waals surface area (Å²) in [5.74, 6) is -1.19. The van der Waals surface area contributed by atoms with Crippen molar-refractivity contribution in [2.24, 2.45) is 0 Å². The molecule has 0 aliphatic heterocycles. The van der Waals surface area contributed by atoms with Gasteiger partial charge < -0.3 is 9.47 Å². The van der Waals surface area contributed by atoms with E-state index in [-0.39, 0.29) is 12.4 Å². The number of benzene rings is 2. The Morgan fingerprint density at radius 3 is 2.43 bits per heavy atom. The number of aryl methyl sites for hydroxylation is 1. The molecule has 0 bridgehead atoms. The van der Waals surface area contributed by atoms with Gasteiger partial charge in [0.1, 0.15) is 22.1 Å². The highest BCUT2D eigenvalue weighted by atomic mass is 32.1. The summed E-state index contributed by atoms with van der Waals surface area (Å²) in [5.41, 5.74) is 2.66. The number of halogens is 1. The van der Waals surface area contributed by atoms with E-state index in [1.165, 1.54) is 30.6 Å². The fourth-order valence-corrected chi connectivity index (χ4v) is 4.06. The average molecular weight is 424 g/mol. The number of hydrogen-bond donors (Lipinski definition) is 0. The van der Waals surface area contributed by atoms with E-state index >= 15 is 0 Å². The lowest BCUT2D eigenvalue weighted by Gasteiger charge is -2.05. The van der Waals surface area contributed by atoms with Gasteiger partial charge in [-0.3, -0.25) is 0 Å². The van der Waals surface area contributed by atoms with Crippen molar-refractivity contribution in [3.8, 4) is 5.69 Å². The number of nitrogens with zero attached hydrogens (tertiary/aromatic N) is 2. The summed E-state index contributed by atoms with van der Waals surface area (Å²) in [4.78, 5) is 25.3. The van der Waals surface area contributed by atoms with E-state index in [1.807, 2.05) is 6.92 Å². The van der Waals surface area contributed by atoms with E-state index in [9.17, 15) is 14.0 Å². The van der Waals surface area contributed by atoms with E-state index in [1.54, 1.807) is 47.1 Å². The zero-order valence-electron chi connectivity index (χ0n) is 16.2. The first-order valence-electron chi connectivity index (χ1n) is 9.06. The van der Waals surface area contributed by atoms with E-state index in [0.29, 0.717) is 16.1 Å². The predicted octanol–water partition coefficient (Wildman–Crippen LogP) is 4.68. The van der Waals surface area contributed by atoms with Crippen LogP contribution >= 0.6 is 11.3 Å². The van der Waals surface area contributed by atoms with Gasteiger partial charge in [-0.25, -0.2) is 18.7 Å². The molecule has 0 spiro atoms. The number of aromatic nitrogens is 2. The Balaban J connectivity index is 1.52. The lowest BCUT2D eigenvalue weighted by atomic mass is 10.1. The molecule has 0 unspecified atom stereocenters. The third kappa shape index (κ3) is 3.81. The van der Waals surface area contributed by atoms with Crippen LogP contribution in [0.25, 0.3) is 15.9 Å². The topological polar surface area (TPSA) is 70.4 Å². The van der Waals surface area contributed by atoms with Gasteiger partial charge in [-0.1, -0.05) is 12.1 Å². The molecule has 0 radical (unpaired) electrons. The number of thiophene rings is 1. The van der Waals surface area contributed by atoms with Crippen LogP contribution in [0, 0.1) is 12.7 Å². The molecule has 152 valence electrons. The van der Waals surface area contributed by atoms with Gasteiger partial charge in [0.05, 0.1) is 24.1 Å². The largest absolute Gasteiger partial charge is 0.465 e. The smallest absolute Gasteiger partial charge is 0.348 e. The zero-order chi connectivity index (χ0) is 21.3. The molecule has 8 heteroatoms. The number of hydrogen-bond acceptors (Lipinski definition) is 6. The van der Waals surface area contributed by atoms with Crippen LogP contribution in [0.2, 0.25) is 0 Å². The molecule has 0 saturated carbocycles. The van der Waals surface area contributed by atoms with E-state index in [2.05, 4.69) is 9.84 Å². The summed E-state index contributed by atoms with van der Waals surface area (Å²) < 4.78 is 25.0. The van der Waals surface area contributed by atoms with Crippen LogP contribution in [0.1, 0.15) is 31.3 Å². The number of rotatable bonds is 5. The molecule has 2 heterocycles. The van der Waals surface area contributed by atoms with Gasteiger partial charge in [0.15, 0.2) is 0 Å². The molecule has 0 aliphatic rings. The molecular weight excluding hydrogens is 407 g/mol. The second kappa shape index (κ2) is 8.08. The zero-order valence-corrected chi connectivity index (χ0v) is 17.0. The van der Waals surface area contributed by atoms with Gasteiger partial charge in [-0.2, -0.15) is 5.10 Å². The van der Waals surface area contributed by atoms with Crippen molar-refractivity contribution < 1.29 is 23.5 Å². The minimum absolute atomic E-state index is 0.0810. The normalized spacial score (nSPS) is 10.9. The summed E-state index contributed by atoms with van der Waals surface area (Å²) in [6, 6.07) is 14.4.